The van der Waals surface area contributed by atoms with Gasteiger partial charge in [0.25, 0.3) is 5.91 Å². The molecule has 0 unspecified atom stereocenters. The second-order valence-corrected chi connectivity index (χ2v) is 15.5. The SMILES string of the molecule is C=CCN1C(=O)[C@@]2(O[C@@H](CC(=O)N3Cc4ccccc4C[C@H]3CO)[C@H]([Si](C)(C)O)[C@H]2C)c2cc(OC)ccc21. The number of aliphatic hydroxyl groups is 1. The normalized spacial score (nSPS) is 28.0. The van der Waals surface area contributed by atoms with Gasteiger partial charge in [-0.1, -0.05) is 37.3 Å². The molecule has 0 aliphatic carbocycles. The van der Waals surface area contributed by atoms with Gasteiger partial charge in [-0.05, 0) is 48.8 Å². The van der Waals surface area contributed by atoms with Crippen molar-refractivity contribution in [1.82, 2.24) is 4.90 Å². The molecule has 3 heterocycles. The second kappa shape index (κ2) is 10.2. The molecule has 5 rings (SSSR count). The topological polar surface area (TPSA) is 99.5 Å². The Hall–Kier alpha value is -2.98. The van der Waals surface area contributed by atoms with Crippen molar-refractivity contribution in [3.05, 3.63) is 71.8 Å². The van der Waals surface area contributed by atoms with Crippen LogP contribution in [-0.2, 0) is 32.9 Å². The van der Waals surface area contributed by atoms with Crippen molar-refractivity contribution >= 4 is 25.8 Å². The van der Waals surface area contributed by atoms with Crippen LogP contribution in [0.25, 0.3) is 0 Å². The van der Waals surface area contributed by atoms with Crippen LogP contribution in [0.2, 0.25) is 18.6 Å². The molecular formula is C30H38N2O6Si. The summed E-state index contributed by atoms with van der Waals surface area (Å²) in [5.74, 6) is -0.144. The molecule has 1 spiro atoms. The molecular weight excluding hydrogens is 512 g/mol. The quantitative estimate of drug-likeness (QED) is 0.405. The molecule has 2 aromatic carbocycles. The number of aliphatic hydroxyl groups excluding tert-OH is 1. The summed E-state index contributed by atoms with van der Waals surface area (Å²) in [7, 11) is -1.35. The van der Waals surface area contributed by atoms with Gasteiger partial charge in [0.05, 0.1) is 38.0 Å². The molecule has 39 heavy (non-hydrogen) atoms. The lowest BCUT2D eigenvalue weighted by molar-refractivity contribution is -0.150. The van der Waals surface area contributed by atoms with E-state index in [1.54, 1.807) is 23.0 Å². The van der Waals surface area contributed by atoms with Crippen LogP contribution in [0.1, 0.15) is 30.0 Å². The Balaban J connectivity index is 1.52. The lowest BCUT2D eigenvalue weighted by Crippen LogP contribution is -2.48. The monoisotopic (exact) mass is 550 g/mol. The summed E-state index contributed by atoms with van der Waals surface area (Å²) in [6.07, 6.45) is 1.61. The summed E-state index contributed by atoms with van der Waals surface area (Å²) in [6.45, 7) is 10.0. The first-order valence-corrected chi connectivity index (χ1v) is 16.6. The number of fused-ring (bicyclic) bond motifs is 3. The van der Waals surface area contributed by atoms with Crippen LogP contribution in [0.5, 0.6) is 5.75 Å². The molecule has 9 heteroatoms. The van der Waals surface area contributed by atoms with Gasteiger partial charge in [-0.2, -0.15) is 0 Å². The molecule has 3 aliphatic rings. The van der Waals surface area contributed by atoms with Crippen molar-refractivity contribution in [1.29, 1.82) is 0 Å². The molecule has 8 nitrogen and oxygen atoms in total. The highest BCUT2D eigenvalue weighted by Gasteiger charge is 2.66. The third kappa shape index (κ3) is 4.41. The molecule has 208 valence electrons. The van der Waals surface area contributed by atoms with Gasteiger partial charge >= 0.3 is 0 Å². The molecule has 3 aliphatic heterocycles. The summed E-state index contributed by atoms with van der Waals surface area (Å²) in [5.41, 5.74) is 1.89. The number of amides is 2. The van der Waals surface area contributed by atoms with E-state index < -0.39 is 20.0 Å². The van der Waals surface area contributed by atoms with Crippen molar-refractivity contribution in [2.75, 3.05) is 25.2 Å². The Kier molecular flexibility index (Phi) is 7.22. The van der Waals surface area contributed by atoms with Crippen molar-refractivity contribution in [3.8, 4) is 5.75 Å². The Morgan fingerprint density at radius 3 is 2.62 bits per heavy atom. The molecule has 2 amide bonds. The van der Waals surface area contributed by atoms with Crippen LogP contribution in [0, 0.1) is 5.92 Å². The average molecular weight is 551 g/mol. The van der Waals surface area contributed by atoms with Gasteiger partial charge in [-0.15, -0.1) is 6.58 Å². The molecule has 0 radical (unpaired) electrons. The molecule has 2 N–H and O–H groups in total. The molecule has 0 aromatic heterocycles. The number of ether oxygens (including phenoxy) is 2. The summed E-state index contributed by atoms with van der Waals surface area (Å²) >= 11 is 0. The van der Waals surface area contributed by atoms with E-state index in [9.17, 15) is 19.5 Å². The first-order valence-electron chi connectivity index (χ1n) is 13.6. The van der Waals surface area contributed by atoms with Crippen LogP contribution in [0.3, 0.4) is 0 Å². The number of carbonyl (C=O) groups excluding carboxylic acids is 2. The maximum atomic E-state index is 14.1. The predicted octanol–water partition coefficient (Wildman–Crippen LogP) is 3.36. The fraction of sp³-hybridized carbons (Fsp3) is 0.467. The van der Waals surface area contributed by atoms with Gasteiger partial charge < -0.3 is 29.2 Å². The summed E-state index contributed by atoms with van der Waals surface area (Å²) in [5, 5.41) is 10.1. The Labute approximate surface area is 231 Å². The number of rotatable bonds is 7. The van der Waals surface area contributed by atoms with Gasteiger partial charge in [0.15, 0.2) is 13.9 Å². The van der Waals surface area contributed by atoms with Crippen LogP contribution in [0.15, 0.2) is 55.1 Å². The number of carbonyl (C=O) groups is 2. The van der Waals surface area contributed by atoms with Crippen LogP contribution >= 0.6 is 0 Å². The Bertz CT molecular complexity index is 1290. The minimum Gasteiger partial charge on any atom is -0.497 e. The van der Waals surface area contributed by atoms with Crippen molar-refractivity contribution in [3.63, 3.8) is 0 Å². The van der Waals surface area contributed by atoms with E-state index in [0.29, 0.717) is 30.8 Å². The maximum Gasteiger partial charge on any atom is 0.264 e. The van der Waals surface area contributed by atoms with E-state index in [4.69, 9.17) is 9.47 Å². The third-order valence-electron chi connectivity index (χ3n) is 8.76. The summed E-state index contributed by atoms with van der Waals surface area (Å²) in [4.78, 5) is 42.9. The lowest BCUT2D eigenvalue weighted by Gasteiger charge is -2.37. The third-order valence-corrected chi connectivity index (χ3v) is 11.3. The van der Waals surface area contributed by atoms with E-state index in [1.165, 1.54) is 0 Å². The zero-order chi connectivity index (χ0) is 28.1. The number of hydrogen-bond acceptors (Lipinski definition) is 6. The van der Waals surface area contributed by atoms with Gasteiger partial charge in [0, 0.05) is 30.1 Å². The minimum absolute atomic E-state index is 0.0143. The number of anilines is 1. The molecule has 1 saturated heterocycles. The van der Waals surface area contributed by atoms with E-state index in [-0.39, 0.29) is 42.3 Å². The van der Waals surface area contributed by atoms with Crippen molar-refractivity contribution < 1.29 is 29.0 Å². The smallest absolute Gasteiger partial charge is 0.264 e. The molecule has 0 saturated carbocycles. The number of hydrogen-bond donors (Lipinski definition) is 2. The highest BCUT2D eigenvalue weighted by Crippen LogP contribution is 2.60. The number of nitrogens with zero attached hydrogens (tertiary/aromatic N) is 2. The first kappa shape index (κ1) is 27.6. The van der Waals surface area contributed by atoms with Gasteiger partial charge in [-0.3, -0.25) is 9.59 Å². The zero-order valence-corrected chi connectivity index (χ0v) is 24.1. The highest BCUT2D eigenvalue weighted by atomic mass is 28.4. The van der Waals surface area contributed by atoms with E-state index in [1.807, 2.05) is 62.5 Å². The Morgan fingerprint density at radius 2 is 1.97 bits per heavy atom. The summed E-state index contributed by atoms with van der Waals surface area (Å²) in [6, 6.07) is 13.1. The first-order chi connectivity index (χ1) is 18.6. The molecule has 1 fully saturated rings. The molecule has 5 atom stereocenters. The molecule has 2 aromatic rings. The zero-order valence-electron chi connectivity index (χ0n) is 23.1. The lowest BCUT2D eigenvalue weighted by atomic mass is 9.82. The minimum atomic E-state index is -2.92. The maximum absolute atomic E-state index is 14.1. The highest BCUT2D eigenvalue weighted by molar-refractivity contribution is 6.71. The second-order valence-electron chi connectivity index (χ2n) is 11.5. The van der Waals surface area contributed by atoms with Gasteiger partial charge in [-0.25, -0.2) is 0 Å². The largest absolute Gasteiger partial charge is 0.497 e. The summed E-state index contributed by atoms with van der Waals surface area (Å²) < 4.78 is 12.3. The number of benzene rings is 2. The molecule has 0 bridgehead atoms. The van der Waals surface area contributed by atoms with E-state index in [2.05, 4.69) is 6.58 Å². The van der Waals surface area contributed by atoms with E-state index in [0.717, 1.165) is 16.8 Å². The predicted molar refractivity (Wildman–Crippen MR) is 151 cm³/mol. The van der Waals surface area contributed by atoms with Crippen LogP contribution < -0.4 is 9.64 Å². The van der Waals surface area contributed by atoms with Crippen molar-refractivity contribution in [2.45, 2.75) is 62.7 Å². The Morgan fingerprint density at radius 1 is 1.26 bits per heavy atom. The average Bonchev–Trinajstić information content (AvgIpc) is 3.34. The van der Waals surface area contributed by atoms with Crippen LogP contribution in [-0.4, -0.2) is 67.3 Å². The number of methoxy groups -OCH3 is 1. The van der Waals surface area contributed by atoms with Crippen LogP contribution in [0.4, 0.5) is 5.69 Å². The van der Waals surface area contributed by atoms with Gasteiger partial charge in [0.1, 0.15) is 5.75 Å². The van der Waals surface area contributed by atoms with Crippen molar-refractivity contribution in [2.24, 2.45) is 5.92 Å². The van der Waals surface area contributed by atoms with Gasteiger partial charge in [0.2, 0.25) is 5.91 Å². The van der Waals surface area contributed by atoms with E-state index >= 15 is 0 Å². The fourth-order valence-corrected chi connectivity index (χ4v) is 9.58. The standard InChI is InChI=1S/C30H38N2O6Si/c1-6-13-31-25-12-11-23(37-3)15-24(25)30(29(31)35)19(2)28(39(4,5)36)26(38-30)16-27(34)32-17-21-10-8-7-9-20(21)14-22(32)18-33/h6-12,15,19,22,26,28,33,36H,1,13-14,16-18H2,2-5H3/t19-,22+,26+,28-,30+/m1/s1. The fourth-order valence-electron chi connectivity index (χ4n) is 7.03.